The number of methoxy groups -OCH3 is 2. The van der Waals surface area contributed by atoms with Crippen LogP contribution in [0, 0.1) is 11.8 Å². The first-order chi connectivity index (χ1) is 14.4. The molecule has 1 fully saturated rings. The van der Waals surface area contributed by atoms with Crippen LogP contribution in [0.4, 0.5) is 0 Å². The highest BCUT2D eigenvalue weighted by atomic mass is 16.7. The molecule has 0 aliphatic carbocycles. The van der Waals surface area contributed by atoms with E-state index in [0.717, 1.165) is 0 Å². The van der Waals surface area contributed by atoms with Crippen molar-refractivity contribution in [1.82, 2.24) is 0 Å². The van der Waals surface area contributed by atoms with Gasteiger partial charge in [0.1, 0.15) is 17.9 Å². The van der Waals surface area contributed by atoms with Crippen LogP contribution in [-0.2, 0) is 14.3 Å². The predicted molar refractivity (Wildman–Crippen MR) is 101 cm³/mol. The van der Waals surface area contributed by atoms with Crippen molar-refractivity contribution in [3.8, 4) is 23.0 Å². The summed E-state index contributed by atoms with van der Waals surface area (Å²) in [6.07, 6.45) is -2.50. The van der Waals surface area contributed by atoms with Crippen molar-refractivity contribution in [2.24, 2.45) is 11.8 Å². The molecule has 2 aliphatic rings. The molecule has 9 heteroatoms. The number of rotatable bonds is 6. The summed E-state index contributed by atoms with van der Waals surface area (Å²) >= 11 is 0. The van der Waals surface area contributed by atoms with Crippen LogP contribution in [0.3, 0.4) is 0 Å². The Morgan fingerprint density at radius 2 is 1.80 bits per heavy atom. The van der Waals surface area contributed by atoms with E-state index in [1.807, 2.05) is 0 Å². The van der Waals surface area contributed by atoms with Gasteiger partial charge in [-0.2, -0.15) is 0 Å². The lowest BCUT2D eigenvalue weighted by molar-refractivity contribution is -0.148. The van der Waals surface area contributed by atoms with Crippen molar-refractivity contribution in [1.29, 1.82) is 0 Å². The van der Waals surface area contributed by atoms with E-state index in [2.05, 4.69) is 0 Å². The molecule has 9 nitrogen and oxygen atoms in total. The van der Waals surface area contributed by atoms with E-state index in [9.17, 15) is 19.8 Å². The SMILES string of the molecule is COc1ccc([C@@H]2OC(=O)[C@H]([C@@H](O)c3ccc4c(c3)OCO4)[C@@H]2C(=O)O)cc1OC. The van der Waals surface area contributed by atoms with E-state index in [-0.39, 0.29) is 6.79 Å². The van der Waals surface area contributed by atoms with Crippen LogP contribution in [0.15, 0.2) is 36.4 Å². The molecule has 4 atom stereocenters. The average Bonchev–Trinajstić information content (AvgIpc) is 3.36. The Morgan fingerprint density at radius 1 is 1.07 bits per heavy atom. The summed E-state index contributed by atoms with van der Waals surface area (Å²) in [5.74, 6) is -2.92. The van der Waals surface area contributed by atoms with Gasteiger partial charge in [-0.1, -0.05) is 12.1 Å². The maximum atomic E-state index is 12.6. The molecule has 1 saturated heterocycles. The largest absolute Gasteiger partial charge is 0.493 e. The summed E-state index contributed by atoms with van der Waals surface area (Å²) in [4.78, 5) is 24.7. The van der Waals surface area contributed by atoms with E-state index in [4.69, 9.17) is 23.7 Å². The summed E-state index contributed by atoms with van der Waals surface area (Å²) in [6.45, 7) is 0.0550. The molecular weight excluding hydrogens is 396 g/mol. The molecule has 158 valence electrons. The average molecular weight is 416 g/mol. The van der Waals surface area contributed by atoms with Crippen molar-refractivity contribution >= 4 is 11.9 Å². The summed E-state index contributed by atoms with van der Waals surface area (Å²) in [6, 6.07) is 9.45. The van der Waals surface area contributed by atoms with Crippen LogP contribution in [0.25, 0.3) is 0 Å². The highest BCUT2D eigenvalue weighted by molar-refractivity contribution is 5.86. The Morgan fingerprint density at radius 3 is 2.50 bits per heavy atom. The zero-order valence-corrected chi connectivity index (χ0v) is 16.2. The number of hydrogen-bond donors (Lipinski definition) is 2. The fourth-order valence-corrected chi connectivity index (χ4v) is 3.83. The second kappa shape index (κ2) is 7.75. The molecule has 0 aromatic heterocycles. The number of carboxylic acid groups (broad SMARTS) is 1. The lowest BCUT2D eigenvalue weighted by Crippen LogP contribution is -2.30. The molecule has 0 amide bonds. The van der Waals surface area contributed by atoms with Crippen LogP contribution >= 0.6 is 0 Å². The normalized spacial score (nSPS) is 23.0. The maximum absolute atomic E-state index is 12.6. The molecule has 0 bridgehead atoms. The van der Waals surface area contributed by atoms with E-state index in [1.165, 1.54) is 20.3 Å². The van der Waals surface area contributed by atoms with E-state index < -0.39 is 36.0 Å². The Kier molecular flexibility index (Phi) is 5.13. The number of aliphatic hydroxyl groups excluding tert-OH is 1. The van der Waals surface area contributed by atoms with Gasteiger partial charge in [0, 0.05) is 0 Å². The number of fused-ring (bicyclic) bond motifs is 1. The highest BCUT2D eigenvalue weighted by Gasteiger charge is 2.53. The summed E-state index contributed by atoms with van der Waals surface area (Å²) in [7, 11) is 2.92. The van der Waals surface area contributed by atoms with Crippen molar-refractivity contribution in [3.05, 3.63) is 47.5 Å². The van der Waals surface area contributed by atoms with Crippen molar-refractivity contribution in [3.63, 3.8) is 0 Å². The van der Waals surface area contributed by atoms with E-state index in [1.54, 1.807) is 30.3 Å². The van der Waals surface area contributed by atoms with E-state index in [0.29, 0.717) is 34.1 Å². The molecule has 2 aliphatic heterocycles. The van der Waals surface area contributed by atoms with Gasteiger partial charge in [0.2, 0.25) is 6.79 Å². The third kappa shape index (κ3) is 3.26. The summed E-state index contributed by atoms with van der Waals surface area (Å²) in [5.41, 5.74) is 0.759. The van der Waals surface area contributed by atoms with Crippen molar-refractivity contribution in [2.45, 2.75) is 12.2 Å². The Balaban J connectivity index is 1.68. The van der Waals surface area contributed by atoms with Crippen LogP contribution in [-0.4, -0.2) is 43.2 Å². The zero-order valence-electron chi connectivity index (χ0n) is 16.2. The fourth-order valence-electron chi connectivity index (χ4n) is 3.83. The maximum Gasteiger partial charge on any atom is 0.313 e. The second-order valence-corrected chi connectivity index (χ2v) is 6.92. The van der Waals surface area contributed by atoms with Gasteiger partial charge in [-0.05, 0) is 35.4 Å². The summed E-state index contributed by atoms with van der Waals surface area (Å²) < 4.78 is 26.4. The number of cyclic esters (lactones) is 1. The lowest BCUT2D eigenvalue weighted by Gasteiger charge is -2.22. The molecule has 2 heterocycles. The Labute approximate surface area is 171 Å². The van der Waals surface area contributed by atoms with Crippen LogP contribution in [0.1, 0.15) is 23.3 Å². The number of carboxylic acids is 1. The summed E-state index contributed by atoms with van der Waals surface area (Å²) in [5, 5.41) is 20.8. The topological polar surface area (TPSA) is 121 Å². The van der Waals surface area contributed by atoms with Gasteiger partial charge in [0.25, 0.3) is 0 Å². The van der Waals surface area contributed by atoms with Crippen molar-refractivity contribution in [2.75, 3.05) is 21.0 Å². The van der Waals surface area contributed by atoms with Gasteiger partial charge in [-0.3, -0.25) is 9.59 Å². The number of esters is 1. The molecule has 30 heavy (non-hydrogen) atoms. The quantitative estimate of drug-likeness (QED) is 0.682. The molecule has 2 N–H and O–H groups in total. The minimum absolute atomic E-state index is 0.0550. The number of aliphatic carboxylic acids is 1. The van der Waals surface area contributed by atoms with Gasteiger partial charge in [-0.25, -0.2) is 0 Å². The molecule has 0 unspecified atom stereocenters. The van der Waals surface area contributed by atoms with Crippen LogP contribution < -0.4 is 18.9 Å². The highest BCUT2D eigenvalue weighted by Crippen LogP contribution is 2.47. The smallest absolute Gasteiger partial charge is 0.313 e. The molecule has 4 rings (SSSR count). The monoisotopic (exact) mass is 416 g/mol. The van der Waals surface area contributed by atoms with Gasteiger partial charge in [0.05, 0.1) is 20.3 Å². The number of aliphatic hydroxyl groups is 1. The number of hydrogen-bond acceptors (Lipinski definition) is 8. The minimum Gasteiger partial charge on any atom is -0.493 e. The first-order valence-corrected chi connectivity index (χ1v) is 9.17. The zero-order chi connectivity index (χ0) is 21.4. The molecule has 2 aromatic carbocycles. The van der Waals surface area contributed by atoms with Gasteiger partial charge in [0.15, 0.2) is 23.0 Å². The van der Waals surface area contributed by atoms with Crippen LogP contribution in [0.2, 0.25) is 0 Å². The number of ether oxygens (including phenoxy) is 5. The number of carbonyl (C=O) groups excluding carboxylic acids is 1. The molecule has 0 saturated carbocycles. The lowest BCUT2D eigenvalue weighted by atomic mass is 9.81. The van der Waals surface area contributed by atoms with Gasteiger partial charge < -0.3 is 33.9 Å². The first-order valence-electron chi connectivity index (χ1n) is 9.17. The predicted octanol–water partition coefficient (Wildman–Crippen LogP) is 2.08. The molecule has 0 spiro atoms. The van der Waals surface area contributed by atoms with Crippen LogP contribution in [0.5, 0.6) is 23.0 Å². The Bertz CT molecular complexity index is 986. The standard InChI is InChI=1S/C21H20O9/c1-26-12-5-4-11(8-14(12)27-2)19-17(20(23)24)16(21(25)30-19)18(22)10-3-6-13-15(7-10)29-9-28-13/h3-8,16-19,22H,9H2,1-2H3,(H,23,24)/t16-,17-,18-,19-/m0/s1. The number of benzene rings is 2. The minimum atomic E-state index is -1.40. The number of carbonyl (C=O) groups is 2. The second-order valence-electron chi connectivity index (χ2n) is 6.92. The Hall–Kier alpha value is -3.46. The molecular formula is C21H20O9. The third-order valence-electron chi connectivity index (χ3n) is 5.33. The van der Waals surface area contributed by atoms with Crippen molar-refractivity contribution < 1.29 is 43.5 Å². The fraction of sp³-hybridized carbons (Fsp3) is 0.333. The first kappa shape index (κ1) is 19.8. The molecule has 2 aromatic rings. The van der Waals surface area contributed by atoms with E-state index >= 15 is 0 Å². The van der Waals surface area contributed by atoms with Gasteiger partial charge in [-0.15, -0.1) is 0 Å². The molecule has 0 radical (unpaired) electrons. The third-order valence-corrected chi connectivity index (χ3v) is 5.33. The van der Waals surface area contributed by atoms with Gasteiger partial charge >= 0.3 is 11.9 Å².